The van der Waals surface area contributed by atoms with Crippen LogP contribution in [-0.2, 0) is 16.1 Å². The van der Waals surface area contributed by atoms with Crippen LogP contribution in [0.5, 0.6) is 5.75 Å². The van der Waals surface area contributed by atoms with Crippen LogP contribution in [0.1, 0.15) is 41.8 Å². The Bertz CT molecular complexity index is 1290. The normalized spacial score (nSPS) is 15.4. The summed E-state index contributed by atoms with van der Waals surface area (Å²) in [5.41, 5.74) is 4.51. The average molecular weight is 545 g/mol. The lowest BCUT2D eigenvalue weighted by Crippen LogP contribution is -2.51. The molecule has 2 atom stereocenters. The second kappa shape index (κ2) is 13.4. The Hall–Kier alpha value is -3.65. The summed E-state index contributed by atoms with van der Waals surface area (Å²) in [6.07, 6.45) is 6.73. The molecule has 0 fully saturated rings. The monoisotopic (exact) mass is 544 g/mol. The molecule has 0 spiro atoms. The summed E-state index contributed by atoms with van der Waals surface area (Å²) in [6, 6.07) is 16.6. The molecule has 39 heavy (non-hydrogen) atoms. The zero-order valence-electron chi connectivity index (χ0n) is 23.0. The summed E-state index contributed by atoms with van der Waals surface area (Å²) in [7, 11) is 1.61. The molecule has 1 aliphatic rings. The van der Waals surface area contributed by atoms with Gasteiger partial charge in [0.05, 0.1) is 12.9 Å². The van der Waals surface area contributed by atoms with Crippen molar-refractivity contribution in [3.8, 4) is 5.75 Å². The van der Waals surface area contributed by atoms with Crippen LogP contribution in [0.4, 0.5) is 5.69 Å². The molecule has 0 radical (unpaired) electrons. The number of aromatic nitrogens is 2. The molecule has 0 saturated carbocycles. The third-order valence-electron chi connectivity index (χ3n) is 6.80. The molecule has 3 aromatic rings. The van der Waals surface area contributed by atoms with Crippen molar-refractivity contribution >= 4 is 29.3 Å². The van der Waals surface area contributed by atoms with Gasteiger partial charge in [-0.15, -0.1) is 0 Å². The van der Waals surface area contributed by atoms with Crippen LogP contribution in [-0.4, -0.2) is 45.6 Å². The molecule has 2 aromatic carbocycles. The van der Waals surface area contributed by atoms with E-state index < -0.39 is 6.04 Å². The Labute approximate surface area is 235 Å². The minimum absolute atomic E-state index is 0.00473. The van der Waals surface area contributed by atoms with Crippen LogP contribution in [0.3, 0.4) is 0 Å². The molecule has 204 valence electrons. The minimum atomic E-state index is -0.633. The van der Waals surface area contributed by atoms with Crippen molar-refractivity contribution in [3.05, 3.63) is 89.3 Å². The molecule has 2 unspecified atom stereocenters. The number of nitrogens with zero attached hydrogens (tertiary/aromatic N) is 3. The van der Waals surface area contributed by atoms with E-state index in [2.05, 4.69) is 27.4 Å². The van der Waals surface area contributed by atoms with Gasteiger partial charge in [0.1, 0.15) is 11.8 Å². The molecule has 1 N–H and O–H groups in total. The molecule has 0 aliphatic heterocycles. The number of benzene rings is 2. The van der Waals surface area contributed by atoms with Crippen molar-refractivity contribution in [2.45, 2.75) is 57.8 Å². The lowest BCUT2D eigenvalue weighted by atomic mass is 9.86. The fraction of sp³-hybridized carbons (Fsp3) is 0.355. The fourth-order valence-corrected chi connectivity index (χ4v) is 5.64. The average Bonchev–Trinajstić information content (AvgIpc) is 2.93. The van der Waals surface area contributed by atoms with Gasteiger partial charge in [0, 0.05) is 23.6 Å². The van der Waals surface area contributed by atoms with Crippen LogP contribution in [0.25, 0.3) is 0 Å². The van der Waals surface area contributed by atoms with Crippen molar-refractivity contribution in [2.24, 2.45) is 5.92 Å². The number of aryl methyl sites for hydroxylation is 3. The SMILES string of the molecule is COc1ccc(NC(=O)C(C2CC=CCC2)N(Cc2ccc(C)cc2)C(=O)CSc2nc(C)cc(C)n2)cc1. The second-order valence-corrected chi connectivity index (χ2v) is 10.9. The zero-order valence-corrected chi connectivity index (χ0v) is 23.8. The molecule has 0 saturated heterocycles. The topological polar surface area (TPSA) is 84.4 Å². The number of methoxy groups -OCH3 is 1. The van der Waals surface area contributed by atoms with Gasteiger partial charge in [-0.1, -0.05) is 53.7 Å². The van der Waals surface area contributed by atoms with E-state index in [1.54, 1.807) is 12.0 Å². The molecular formula is C31H36N4O3S. The van der Waals surface area contributed by atoms with E-state index in [4.69, 9.17) is 4.74 Å². The van der Waals surface area contributed by atoms with E-state index in [9.17, 15) is 9.59 Å². The number of hydrogen-bond acceptors (Lipinski definition) is 6. The molecule has 7 nitrogen and oxygen atoms in total. The molecule has 4 rings (SSSR count). The van der Waals surface area contributed by atoms with Gasteiger partial charge in [0.25, 0.3) is 0 Å². The number of ether oxygens (including phenoxy) is 1. The van der Waals surface area contributed by atoms with Crippen LogP contribution >= 0.6 is 11.8 Å². The molecule has 1 heterocycles. The zero-order chi connectivity index (χ0) is 27.8. The smallest absolute Gasteiger partial charge is 0.247 e. The number of amides is 2. The predicted octanol–water partition coefficient (Wildman–Crippen LogP) is 5.89. The number of nitrogens with one attached hydrogen (secondary N) is 1. The molecule has 1 aliphatic carbocycles. The maximum Gasteiger partial charge on any atom is 0.247 e. The van der Waals surface area contributed by atoms with Gasteiger partial charge in [-0.25, -0.2) is 9.97 Å². The van der Waals surface area contributed by atoms with Gasteiger partial charge in [0.2, 0.25) is 11.8 Å². The first kappa shape index (κ1) is 28.4. The van der Waals surface area contributed by atoms with Crippen molar-refractivity contribution < 1.29 is 14.3 Å². The van der Waals surface area contributed by atoms with Gasteiger partial charge in [-0.3, -0.25) is 9.59 Å². The van der Waals surface area contributed by atoms with Gasteiger partial charge in [-0.2, -0.15) is 0 Å². The Morgan fingerprint density at radius 1 is 1.03 bits per heavy atom. The third kappa shape index (κ3) is 7.93. The first-order chi connectivity index (χ1) is 18.8. The van der Waals surface area contributed by atoms with E-state index in [1.165, 1.54) is 11.8 Å². The largest absolute Gasteiger partial charge is 0.497 e. The molecule has 1 aromatic heterocycles. The van der Waals surface area contributed by atoms with Crippen molar-refractivity contribution in [1.82, 2.24) is 14.9 Å². The summed E-state index contributed by atoms with van der Waals surface area (Å²) >= 11 is 1.31. The lowest BCUT2D eigenvalue weighted by Gasteiger charge is -2.37. The van der Waals surface area contributed by atoms with Gasteiger partial charge >= 0.3 is 0 Å². The number of rotatable bonds is 10. The number of carbonyl (C=O) groups is 2. The van der Waals surface area contributed by atoms with E-state index >= 15 is 0 Å². The van der Waals surface area contributed by atoms with E-state index in [0.717, 1.165) is 41.8 Å². The van der Waals surface area contributed by atoms with E-state index in [-0.39, 0.29) is 23.5 Å². The van der Waals surface area contributed by atoms with Gasteiger partial charge < -0.3 is 15.0 Å². The Morgan fingerprint density at radius 2 is 1.72 bits per heavy atom. The Kier molecular flexibility index (Phi) is 9.76. The quantitative estimate of drug-likeness (QED) is 0.195. The summed E-state index contributed by atoms with van der Waals surface area (Å²) in [5.74, 6) is 0.555. The first-order valence-electron chi connectivity index (χ1n) is 13.2. The first-order valence-corrected chi connectivity index (χ1v) is 14.2. The van der Waals surface area contributed by atoms with Crippen molar-refractivity contribution in [1.29, 1.82) is 0 Å². The Balaban J connectivity index is 1.63. The van der Waals surface area contributed by atoms with Gasteiger partial charge in [-0.05, 0) is 81.8 Å². The lowest BCUT2D eigenvalue weighted by molar-refractivity contribution is -0.139. The second-order valence-electron chi connectivity index (χ2n) is 9.94. The van der Waals surface area contributed by atoms with E-state index in [1.807, 2.05) is 75.4 Å². The van der Waals surface area contributed by atoms with Crippen molar-refractivity contribution in [3.63, 3.8) is 0 Å². The van der Waals surface area contributed by atoms with Crippen LogP contribution in [0, 0.1) is 26.7 Å². The fourth-order valence-electron chi connectivity index (χ4n) is 4.80. The van der Waals surface area contributed by atoms with Gasteiger partial charge in [0.15, 0.2) is 5.16 Å². The summed E-state index contributed by atoms with van der Waals surface area (Å²) in [4.78, 5) is 38.6. The maximum atomic E-state index is 13.9. The van der Waals surface area contributed by atoms with Crippen LogP contribution in [0.15, 0.2) is 71.9 Å². The molecule has 0 bridgehead atoms. The number of anilines is 1. The minimum Gasteiger partial charge on any atom is -0.497 e. The highest BCUT2D eigenvalue weighted by Gasteiger charge is 2.36. The third-order valence-corrected chi connectivity index (χ3v) is 7.63. The van der Waals surface area contributed by atoms with Crippen LogP contribution < -0.4 is 10.1 Å². The highest BCUT2D eigenvalue weighted by atomic mass is 32.2. The number of allylic oxidation sites excluding steroid dienone is 2. The standard InChI is InChI=1S/C31H36N4O3S/c1-21-10-12-24(13-11-21)19-35(28(36)20-39-31-32-22(2)18-23(3)33-31)29(25-8-6-5-7-9-25)30(37)34-26-14-16-27(38-4)17-15-26/h5-6,10-18,25,29H,7-9,19-20H2,1-4H3,(H,34,37). The predicted molar refractivity (Wildman–Crippen MR) is 156 cm³/mol. The summed E-state index contributed by atoms with van der Waals surface area (Å²) in [5, 5.41) is 3.63. The Morgan fingerprint density at radius 3 is 2.33 bits per heavy atom. The number of hydrogen-bond donors (Lipinski definition) is 1. The highest BCUT2D eigenvalue weighted by Crippen LogP contribution is 2.29. The van der Waals surface area contributed by atoms with Crippen LogP contribution in [0.2, 0.25) is 0 Å². The molecule has 2 amide bonds. The van der Waals surface area contributed by atoms with Crippen molar-refractivity contribution in [2.75, 3.05) is 18.2 Å². The molecular weight excluding hydrogens is 508 g/mol. The number of carbonyl (C=O) groups excluding carboxylic acids is 2. The molecule has 8 heteroatoms. The summed E-state index contributed by atoms with van der Waals surface area (Å²) < 4.78 is 5.25. The number of thioether (sulfide) groups is 1. The highest BCUT2D eigenvalue weighted by molar-refractivity contribution is 7.99. The van der Waals surface area contributed by atoms with E-state index in [0.29, 0.717) is 23.1 Å². The summed E-state index contributed by atoms with van der Waals surface area (Å²) in [6.45, 7) is 6.21. The maximum absolute atomic E-state index is 13.9.